The molecule has 1 N–H and O–H groups in total. The fraction of sp³-hybridized carbons (Fsp3) is 0.406. The molecule has 0 heterocycles. The lowest BCUT2D eigenvalue weighted by Crippen LogP contribution is -2.08. The van der Waals surface area contributed by atoms with E-state index in [0.29, 0.717) is 29.8 Å². The van der Waals surface area contributed by atoms with Crippen LogP contribution in [0.25, 0.3) is 11.1 Å². The Balaban J connectivity index is 1.57. The standard InChI is InChI=1S/C32H37FO4/c1-20(2)21(3)29-15-23(10-12-28(29)30-18-26(36-4)11-13-31(30)33)19-37-27-7-5-6-24(16-27)25(17-32(34)35)14-22-8-9-22/h5-7,10-13,15-16,18,20-22,25H,8-9,14,17,19H2,1-4H3,(H,34,35)/t21-,25+/m1/s1. The van der Waals surface area contributed by atoms with E-state index in [4.69, 9.17) is 9.47 Å². The molecule has 0 saturated heterocycles. The van der Waals surface area contributed by atoms with Crippen LogP contribution in [0.5, 0.6) is 11.5 Å². The van der Waals surface area contributed by atoms with Crippen molar-refractivity contribution in [3.63, 3.8) is 0 Å². The first kappa shape index (κ1) is 26.7. The second-order valence-electron chi connectivity index (χ2n) is 10.6. The van der Waals surface area contributed by atoms with E-state index in [1.807, 2.05) is 36.4 Å². The predicted octanol–water partition coefficient (Wildman–Crippen LogP) is 8.20. The summed E-state index contributed by atoms with van der Waals surface area (Å²) < 4.78 is 26.4. The first-order valence-electron chi connectivity index (χ1n) is 13.2. The van der Waals surface area contributed by atoms with E-state index in [1.54, 1.807) is 19.2 Å². The molecule has 4 nitrogen and oxygen atoms in total. The highest BCUT2D eigenvalue weighted by molar-refractivity contribution is 5.71. The lowest BCUT2D eigenvalue weighted by Gasteiger charge is -2.22. The third kappa shape index (κ3) is 6.91. The highest BCUT2D eigenvalue weighted by Gasteiger charge is 2.28. The molecule has 2 atom stereocenters. The summed E-state index contributed by atoms with van der Waals surface area (Å²) in [5.74, 6) is 1.53. The summed E-state index contributed by atoms with van der Waals surface area (Å²) in [4.78, 5) is 11.4. The van der Waals surface area contributed by atoms with Crippen molar-refractivity contribution in [3.8, 4) is 22.6 Å². The zero-order valence-corrected chi connectivity index (χ0v) is 22.2. The minimum absolute atomic E-state index is 0.00378. The van der Waals surface area contributed by atoms with Gasteiger partial charge in [-0.3, -0.25) is 4.79 Å². The molecule has 0 aliphatic heterocycles. The minimum Gasteiger partial charge on any atom is -0.497 e. The smallest absolute Gasteiger partial charge is 0.303 e. The average molecular weight is 505 g/mol. The molecule has 3 aromatic rings. The first-order chi connectivity index (χ1) is 17.7. The van der Waals surface area contributed by atoms with E-state index in [1.165, 1.54) is 18.9 Å². The second-order valence-corrected chi connectivity index (χ2v) is 10.6. The number of halogens is 1. The molecule has 0 aromatic heterocycles. The van der Waals surface area contributed by atoms with Gasteiger partial charge in [-0.1, -0.05) is 63.9 Å². The van der Waals surface area contributed by atoms with Crippen LogP contribution in [-0.4, -0.2) is 18.2 Å². The summed E-state index contributed by atoms with van der Waals surface area (Å²) in [7, 11) is 1.58. The Bertz CT molecular complexity index is 1230. The quantitative estimate of drug-likeness (QED) is 0.270. The molecule has 0 amide bonds. The van der Waals surface area contributed by atoms with Crippen LogP contribution in [0.4, 0.5) is 4.39 Å². The Morgan fingerprint density at radius 1 is 1.00 bits per heavy atom. The van der Waals surface area contributed by atoms with Crippen LogP contribution < -0.4 is 9.47 Å². The third-order valence-corrected chi connectivity index (χ3v) is 7.54. The van der Waals surface area contributed by atoms with Gasteiger partial charge in [0.25, 0.3) is 0 Å². The fourth-order valence-electron chi connectivity index (χ4n) is 4.85. The summed E-state index contributed by atoms with van der Waals surface area (Å²) in [6, 6.07) is 18.7. The Morgan fingerprint density at radius 2 is 1.78 bits per heavy atom. The van der Waals surface area contributed by atoms with Crippen LogP contribution in [0.3, 0.4) is 0 Å². The van der Waals surface area contributed by atoms with Gasteiger partial charge in [0.15, 0.2) is 0 Å². The van der Waals surface area contributed by atoms with Gasteiger partial charge in [0, 0.05) is 5.56 Å². The maximum Gasteiger partial charge on any atom is 0.303 e. The number of rotatable bonds is 12. The molecule has 0 unspecified atom stereocenters. The lowest BCUT2D eigenvalue weighted by molar-refractivity contribution is -0.137. The summed E-state index contributed by atoms with van der Waals surface area (Å²) in [6.45, 7) is 6.87. The number of ether oxygens (including phenoxy) is 2. The summed E-state index contributed by atoms with van der Waals surface area (Å²) in [5, 5.41) is 9.40. The molecule has 1 fully saturated rings. The zero-order chi connectivity index (χ0) is 26.5. The molecule has 1 aliphatic carbocycles. The number of carbonyl (C=O) groups is 1. The van der Waals surface area contributed by atoms with Crippen molar-refractivity contribution in [3.05, 3.63) is 83.2 Å². The summed E-state index contributed by atoms with van der Waals surface area (Å²) in [6.07, 6.45) is 3.44. The van der Waals surface area contributed by atoms with E-state index in [-0.39, 0.29) is 24.1 Å². The number of benzene rings is 3. The Kier molecular flexibility index (Phi) is 8.52. The molecule has 37 heavy (non-hydrogen) atoms. The van der Waals surface area contributed by atoms with Crippen LogP contribution >= 0.6 is 0 Å². The molecule has 0 radical (unpaired) electrons. The first-order valence-corrected chi connectivity index (χ1v) is 13.2. The van der Waals surface area contributed by atoms with Crippen molar-refractivity contribution < 1.29 is 23.8 Å². The van der Waals surface area contributed by atoms with Crippen LogP contribution in [0.1, 0.15) is 75.0 Å². The van der Waals surface area contributed by atoms with Gasteiger partial charge in [0.1, 0.15) is 23.9 Å². The van der Waals surface area contributed by atoms with E-state index in [0.717, 1.165) is 34.4 Å². The van der Waals surface area contributed by atoms with Crippen molar-refractivity contribution >= 4 is 5.97 Å². The van der Waals surface area contributed by atoms with Crippen LogP contribution in [0, 0.1) is 17.7 Å². The SMILES string of the molecule is COc1ccc(F)c(-c2ccc(COc3cccc([C@H](CC(=O)O)CC4CC4)c3)cc2[C@H](C)C(C)C)c1. The van der Waals surface area contributed by atoms with Crippen molar-refractivity contribution in [1.29, 1.82) is 0 Å². The van der Waals surface area contributed by atoms with Gasteiger partial charge < -0.3 is 14.6 Å². The molecular formula is C32H37FO4. The van der Waals surface area contributed by atoms with Gasteiger partial charge in [-0.25, -0.2) is 4.39 Å². The molecule has 4 rings (SSSR count). The topological polar surface area (TPSA) is 55.8 Å². The molecule has 196 valence electrons. The summed E-state index contributed by atoms with van der Waals surface area (Å²) >= 11 is 0. The second kappa shape index (κ2) is 11.8. The van der Waals surface area contributed by atoms with E-state index in [9.17, 15) is 14.3 Å². The van der Waals surface area contributed by atoms with E-state index < -0.39 is 5.97 Å². The number of carboxylic acids is 1. The van der Waals surface area contributed by atoms with E-state index in [2.05, 4.69) is 26.8 Å². The predicted molar refractivity (Wildman–Crippen MR) is 145 cm³/mol. The van der Waals surface area contributed by atoms with E-state index >= 15 is 0 Å². The van der Waals surface area contributed by atoms with Crippen molar-refractivity contribution in [1.82, 2.24) is 0 Å². The van der Waals surface area contributed by atoms with Gasteiger partial charge in [-0.2, -0.15) is 0 Å². The van der Waals surface area contributed by atoms with Crippen LogP contribution in [0.15, 0.2) is 60.7 Å². The Hall–Kier alpha value is -3.34. The Labute approximate surface area is 219 Å². The number of aliphatic carboxylic acids is 1. The monoisotopic (exact) mass is 504 g/mol. The largest absolute Gasteiger partial charge is 0.497 e. The molecule has 3 aromatic carbocycles. The minimum atomic E-state index is -0.767. The molecular weight excluding hydrogens is 467 g/mol. The van der Waals surface area contributed by atoms with Crippen molar-refractivity contribution in [2.24, 2.45) is 11.8 Å². The van der Waals surface area contributed by atoms with Gasteiger partial charge in [-0.05, 0) is 82.7 Å². The highest BCUT2D eigenvalue weighted by Crippen LogP contribution is 2.41. The summed E-state index contributed by atoms with van der Waals surface area (Å²) in [5.41, 5.74) is 4.48. The fourth-order valence-corrected chi connectivity index (χ4v) is 4.85. The highest BCUT2D eigenvalue weighted by atomic mass is 19.1. The Morgan fingerprint density at radius 3 is 2.46 bits per heavy atom. The molecule has 1 aliphatic rings. The zero-order valence-electron chi connectivity index (χ0n) is 22.2. The molecule has 1 saturated carbocycles. The number of hydrogen-bond donors (Lipinski definition) is 1. The maximum atomic E-state index is 14.9. The molecule has 0 bridgehead atoms. The van der Waals surface area contributed by atoms with Gasteiger partial charge in [-0.15, -0.1) is 0 Å². The lowest BCUT2D eigenvalue weighted by atomic mass is 9.84. The molecule has 5 heteroatoms. The van der Waals surface area contributed by atoms with Crippen molar-refractivity contribution in [2.45, 2.75) is 64.9 Å². The number of hydrogen-bond acceptors (Lipinski definition) is 3. The van der Waals surface area contributed by atoms with Gasteiger partial charge in [0.05, 0.1) is 13.5 Å². The van der Waals surface area contributed by atoms with Gasteiger partial charge in [0.2, 0.25) is 0 Å². The normalized spacial score (nSPS) is 14.9. The average Bonchev–Trinajstić information content (AvgIpc) is 3.71. The van der Waals surface area contributed by atoms with Gasteiger partial charge >= 0.3 is 5.97 Å². The van der Waals surface area contributed by atoms with Crippen LogP contribution in [0.2, 0.25) is 0 Å². The van der Waals surface area contributed by atoms with Crippen LogP contribution in [-0.2, 0) is 11.4 Å². The third-order valence-electron chi connectivity index (χ3n) is 7.54. The number of carboxylic acid groups (broad SMARTS) is 1. The maximum absolute atomic E-state index is 14.9. The van der Waals surface area contributed by atoms with Crippen molar-refractivity contribution in [2.75, 3.05) is 7.11 Å². The number of methoxy groups -OCH3 is 1. The molecule has 0 spiro atoms.